The Morgan fingerprint density at radius 2 is 1.17 bits per heavy atom. The fourth-order valence-corrected chi connectivity index (χ4v) is 6.97. The van der Waals surface area contributed by atoms with E-state index in [1.54, 1.807) is 10.4 Å². The molecule has 0 amide bonds. The van der Waals surface area contributed by atoms with E-state index in [0.29, 0.717) is 0 Å². The van der Waals surface area contributed by atoms with Gasteiger partial charge in [0.25, 0.3) is 0 Å². The molecule has 1 rings (SSSR count). The third kappa shape index (κ3) is 8.66. The molecule has 0 aliphatic heterocycles. The Kier molecular flexibility index (Phi) is 10.9. The maximum Gasteiger partial charge on any atom is 0.0806 e. The van der Waals surface area contributed by atoms with Crippen LogP contribution in [0.15, 0.2) is 24.3 Å². The van der Waals surface area contributed by atoms with Crippen molar-refractivity contribution >= 4 is 27.2 Å². The van der Waals surface area contributed by atoms with E-state index < -0.39 is 16.9 Å². The van der Waals surface area contributed by atoms with Gasteiger partial charge in [0.15, 0.2) is 0 Å². The van der Waals surface area contributed by atoms with Gasteiger partial charge in [-0.15, -0.1) is 0 Å². The maximum absolute atomic E-state index is 2.56. The first kappa shape index (κ1) is 21.7. The van der Waals surface area contributed by atoms with E-state index in [1.165, 1.54) is 70.3 Å². The number of hydrogen-bond acceptors (Lipinski definition) is 0. The fraction of sp³-hybridized carbons (Fsp3) is 0.727. The van der Waals surface area contributed by atoms with Crippen LogP contribution in [-0.4, -0.2) is 16.9 Å². The summed E-state index contributed by atoms with van der Waals surface area (Å²) in [4.78, 5) is 0. The Bertz CT molecular complexity index is 420. The molecule has 0 radical (unpaired) electrons. The molecule has 0 spiro atoms. The highest BCUT2D eigenvalue weighted by Gasteiger charge is 2.22. The van der Waals surface area contributed by atoms with Crippen LogP contribution in [0, 0.1) is 0 Å². The summed E-state index contributed by atoms with van der Waals surface area (Å²) in [5, 5.41) is 3.28. The zero-order valence-electron chi connectivity index (χ0n) is 17.2. The Hall–Kier alpha value is -0.346. The molecule has 0 heterocycles. The Morgan fingerprint density at radius 1 is 0.708 bits per heavy atom. The zero-order valence-corrected chi connectivity index (χ0v) is 19.3. The standard InChI is InChI=1S/C22H42Si2/c1-6-7-8-9-10-11-12-13-14-15-20-24(4,5)22-18-16-21(17-19-22)23(2)3/h16-19,23H,6-15,20H2,1-5H3. The van der Waals surface area contributed by atoms with Gasteiger partial charge >= 0.3 is 0 Å². The minimum Gasteiger partial charge on any atom is -0.0682 e. The first-order valence-electron chi connectivity index (χ1n) is 10.6. The minimum absolute atomic E-state index is 0.636. The summed E-state index contributed by atoms with van der Waals surface area (Å²) in [5.74, 6) is 0. The molecule has 0 atom stereocenters. The Balaban J connectivity index is 2.16. The van der Waals surface area contributed by atoms with Crippen molar-refractivity contribution in [1.29, 1.82) is 0 Å². The van der Waals surface area contributed by atoms with Crippen LogP contribution in [0.3, 0.4) is 0 Å². The van der Waals surface area contributed by atoms with E-state index in [0.717, 1.165) is 0 Å². The third-order valence-electron chi connectivity index (χ3n) is 5.51. The van der Waals surface area contributed by atoms with Crippen LogP contribution in [0.5, 0.6) is 0 Å². The SMILES string of the molecule is CCCCCCCCCCCC[Si](C)(C)c1ccc([SiH](C)C)cc1. The van der Waals surface area contributed by atoms with Crippen molar-refractivity contribution in [1.82, 2.24) is 0 Å². The lowest BCUT2D eigenvalue weighted by atomic mass is 10.1. The Morgan fingerprint density at radius 3 is 1.62 bits per heavy atom. The number of benzene rings is 1. The van der Waals surface area contributed by atoms with Gasteiger partial charge in [0.05, 0.1) is 16.9 Å². The lowest BCUT2D eigenvalue weighted by Gasteiger charge is -2.23. The van der Waals surface area contributed by atoms with Gasteiger partial charge in [-0.1, -0.05) is 138 Å². The summed E-state index contributed by atoms with van der Waals surface area (Å²) in [6, 6.07) is 11.2. The molecule has 0 aliphatic rings. The quantitative estimate of drug-likeness (QED) is 0.289. The summed E-state index contributed by atoms with van der Waals surface area (Å²) >= 11 is 0. The molecule has 24 heavy (non-hydrogen) atoms. The van der Waals surface area contributed by atoms with E-state index in [2.05, 4.69) is 57.4 Å². The van der Waals surface area contributed by atoms with Crippen molar-refractivity contribution in [3.05, 3.63) is 24.3 Å². The van der Waals surface area contributed by atoms with Gasteiger partial charge in [0, 0.05) is 0 Å². The second-order valence-electron chi connectivity index (χ2n) is 8.59. The molecular formula is C22H42Si2. The van der Waals surface area contributed by atoms with E-state index in [-0.39, 0.29) is 0 Å². The summed E-state index contributed by atoms with van der Waals surface area (Å²) < 4.78 is 0. The van der Waals surface area contributed by atoms with Crippen molar-refractivity contribution < 1.29 is 0 Å². The van der Waals surface area contributed by atoms with Gasteiger partial charge in [0.1, 0.15) is 0 Å². The van der Waals surface area contributed by atoms with Crippen LogP contribution in [-0.2, 0) is 0 Å². The second-order valence-corrected chi connectivity index (χ2v) is 16.4. The van der Waals surface area contributed by atoms with Crippen LogP contribution in [0.25, 0.3) is 0 Å². The first-order valence-corrected chi connectivity index (χ1v) is 16.7. The van der Waals surface area contributed by atoms with Crippen LogP contribution >= 0.6 is 0 Å². The van der Waals surface area contributed by atoms with E-state index in [9.17, 15) is 0 Å². The normalized spacial score (nSPS) is 12.1. The molecular weight excluding hydrogens is 320 g/mol. The summed E-state index contributed by atoms with van der Waals surface area (Å²) in [6.07, 6.45) is 14.4. The highest BCUT2D eigenvalue weighted by atomic mass is 28.3. The van der Waals surface area contributed by atoms with Gasteiger partial charge < -0.3 is 0 Å². The molecule has 138 valence electrons. The van der Waals surface area contributed by atoms with Gasteiger partial charge in [0.2, 0.25) is 0 Å². The topological polar surface area (TPSA) is 0 Å². The molecule has 0 saturated carbocycles. The summed E-state index contributed by atoms with van der Waals surface area (Å²) in [6.45, 7) is 12.2. The van der Waals surface area contributed by atoms with Crippen molar-refractivity contribution in [2.24, 2.45) is 0 Å². The van der Waals surface area contributed by atoms with Crippen LogP contribution < -0.4 is 10.4 Å². The maximum atomic E-state index is 2.56. The van der Waals surface area contributed by atoms with Gasteiger partial charge in [-0.3, -0.25) is 0 Å². The largest absolute Gasteiger partial charge is 0.0806 e. The molecule has 0 aromatic heterocycles. The molecule has 0 bridgehead atoms. The molecule has 0 aliphatic carbocycles. The smallest absolute Gasteiger partial charge is 0.0682 e. The molecule has 1 aromatic carbocycles. The van der Waals surface area contributed by atoms with E-state index in [4.69, 9.17) is 0 Å². The molecule has 1 aromatic rings. The van der Waals surface area contributed by atoms with Crippen molar-refractivity contribution in [3.63, 3.8) is 0 Å². The average Bonchev–Trinajstić information content (AvgIpc) is 2.56. The monoisotopic (exact) mass is 362 g/mol. The van der Waals surface area contributed by atoms with Crippen molar-refractivity contribution in [3.8, 4) is 0 Å². The second kappa shape index (κ2) is 12.1. The highest BCUT2D eigenvalue weighted by Crippen LogP contribution is 2.17. The van der Waals surface area contributed by atoms with Crippen LogP contribution in [0.1, 0.15) is 71.1 Å². The Labute approximate surface area is 155 Å². The zero-order chi connectivity index (χ0) is 17.8. The molecule has 0 saturated heterocycles. The first-order chi connectivity index (χ1) is 11.5. The minimum atomic E-state index is -1.21. The predicted octanol–water partition coefficient (Wildman–Crippen LogP) is 6.22. The average molecular weight is 363 g/mol. The summed E-state index contributed by atoms with van der Waals surface area (Å²) in [7, 11) is -1.85. The van der Waals surface area contributed by atoms with Gasteiger partial charge in [-0.2, -0.15) is 0 Å². The summed E-state index contributed by atoms with van der Waals surface area (Å²) in [5.41, 5.74) is 0. The molecule has 0 N–H and O–H groups in total. The van der Waals surface area contributed by atoms with E-state index in [1.807, 2.05) is 0 Å². The molecule has 0 nitrogen and oxygen atoms in total. The van der Waals surface area contributed by atoms with Gasteiger partial charge in [-0.05, 0) is 0 Å². The van der Waals surface area contributed by atoms with Crippen LogP contribution in [0.4, 0.5) is 0 Å². The van der Waals surface area contributed by atoms with Crippen LogP contribution in [0.2, 0.25) is 32.2 Å². The number of unbranched alkanes of at least 4 members (excludes halogenated alkanes) is 9. The van der Waals surface area contributed by atoms with E-state index >= 15 is 0 Å². The molecule has 2 heteroatoms. The lowest BCUT2D eigenvalue weighted by Crippen LogP contribution is -2.42. The number of hydrogen-bond donors (Lipinski definition) is 0. The lowest BCUT2D eigenvalue weighted by molar-refractivity contribution is 0.561. The van der Waals surface area contributed by atoms with Gasteiger partial charge in [-0.25, -0.2) is 0 Å². The molecule has 0 fully saturated rings. The fourth-order valence-electron chi connectivity index (χ4n) is 3.52. The van der Waals surface area contributed by atoms with Crippen molar-refractivity contribution in [2.45, 2.75) is 103 Å². The van der Waals surface area contributed by atoms with Crippen molar-refractivity contribution in [2.75, 3.05) is 0 Å². The molecule has 0 unspecified atom stereocenters. The number of rotatable bonds is 13. The highest BCUT2D eigenvalue weighted by molar-refractivity contribution is 6.89. The third-order valence-corrected chi connectivity index (χ3v) is 10.7. The predicted molar refractivity (Wildman–Crippen MR) is 119 cm³/mol.